The van der Waals surface area contributed by atoms with Crippen molar-refractivity contribution in [3.63, 3.8) is 0 Å². The van der Waals surface area contributed by atoms with Gasteiger partial charge in [0.2, 0.25) is 11.2 Å². The molecule has 1 N–H and O–H groups in total. The summed E-state index contributed by atoms with van der Waals surface area (Å²) in [5.41, 5.74) is 0. The minimum absolute atomic E-state index is 0.000583. The van der Waals surface area contributed by atoms with Crippen LogP contribution in [0, 0.1) is 11.6 Å². The van der Waals surface area contributed by atoms with E-state index in [-0.39, 0.29) is 21.3 Å². The van der Waals surface area contributed by atoms with Crippen molar-refractivity contribution in [2.75, 3.05) is 12.4 Å². The summed E-state index contributed by atoms with van der Waals surface area (Å²) in [6, 6.07) is 3.27. The number of halogens is 3. The number of aromatic nitrogens is 3. The molecule has 1 heterocycles. The second-order valence-electron chi connectivity index (χ2n) is 3.14. The van der Waals surface area contributed by atoms with Crippen LogP contribution in [-0.4, -0.2) is 22.0 Å². The van der Waals surface area contributed by atoms with E-state index in [9.17, 15) is 8.78 Å². The first-order valence-electron chi connectivity index (χ1n) is 4.80. The zero-order valence-corrected chi connectivity index (χ0v) is 10.7. The van der Waals surface area contributed by atoms with E-state index in [4.69, 9.17) is 11.6 Å². The SMILES string of the molecule is CNc1nc(Cl)nc(Sc2ccc(F)cc2F)n1. The van der Waals surface area contributed by atoms with Crippen molar-refractivity contribution in [3.8, 4) is 0 Å². The predicted octanol–water partition coefficient (Wildman–Crippen LogP) is 3.00. The van der Waals surface area contributed by atoms with E-state index >= 15 is 0 Å². The topological polar surface area (TPSA) is 50.7 Å². The van der Waals surface area contributed by atoms with Gasteiger partial charge in [0.15, 0.2) is 5.16 Å². The highest BCUT2D eigenvalue weighted by molar-refractivity contribution is 7.99. The summed E-state index contributed by atoms with van der Waals surface area (Å²) < 4.78 is 26.2. The van der Waals surface area contributed by atoms with Crippen LogP contribution in [0.2, 0.25) is 5.28 Å². The van der Waals surface area contributed by atoms with Gasteiger partial charge in [0.1, 0.15) is 11.6 Å². The average Bonchev–Trinajstić information content (AvgIpc) is 2.32. The summed E-state index contributed by atoms with van der Waals surface area (Å²) in [5.74, 6) is -1.04. The minimum Gasteiger partial charge on any atom is -0.357 e. The summed E-state index contributed by atoms with van der Waals surface area (Å²) >= 11 is 6.63. The molecule has 94 valence electrons. The summed E-state index contributed by atoms with van der Waals surface area (Å²) in [6.07, 6.45) is 0. The Morgan fingerprint density at radius 3 is 2.67 bits per heavy atom. The first kappa shape index (κ1) is 13.0. The Morgan fingerprint density at radius 1 is 1.22 bits per heavy atom. The molecule has 1 aromatic heterocycles. The molecule has 0 aliphatic heterocycles. The number of hydrogen-bond donors (Lipinski definition) is 1. The molecule has 2 aromatic rings. The van der Waals surface area contributed by atoms with Crippen LogP contribution in [0.1, 0.15) is 0 Å². The van der Waals surface area contributed by atoms with Gasteiger partial charge in [0.25, 0.3) is 0 Å². The predicted molar refractivity (Wildman–Crippen MR) is 64.9 cm³/mol. The number of anilines is 1. The van der Waals surface area contributed by atoms with Crippen molar-refractivity contribution in [2.45, 2.75) is 10.1 Å². The van der Waals surface area contributed by atoms with E-state index in [0.29, 0.717) is 0 Å². The third-order valence-electron chi connectivity index (χ3n) is 1.91. The van der Waals surface area contributed by atoms with E-state index < -0.39 is 11.6 Å². The minimum atomic E-state index is -0.678. The van der Waals surface area contributed by atoms with Gasteiger partial charge >= 0.3 is 0 Å². The number of hydrogen-bond acceptors (Lipinski definition) is 5. The molecule has 0 aliphatic rings. The van der Waals surface area contributed by atoms with Crippen LogP contribution in [0.15, 0.2) is 28.3 Å². The van der Waals surface area contributed by atoms with E-state index in [1.165, 1.54) is 6.07 Å². The second-order valence-corrected chi connectivity index (χ2v) is 4.48. The van der Waals surface area contributed by atoms with Crippen LogP contribution >= 0.6 is 23.4 Å². The zero-order chi connectivity index (χ0) is 13.1. The molecule has 4 nitrogen and oxygen atoms in total. The van der Waals surface area contributed by atoms with Gasteiger partial charge < -0.3 is 5.32 Å². The van der Waals surface area contributed by atoms with Gasteiger partial charge in [-0.05, 0) is 35.5 Å². The highest BCUT2D eigenvalue weighted by Gasteiger charge is 2.10. The maximum absolute atomic E-state index is 13.4. The fourth-order valence-electron chi connectivity index (χ4n) is 1.15. The van der Waals surface area contributed by atoms with Gasteiger partial charge in [-0.1, -0.05) is 0 Å². The van der Waals surface area contributed by atoms with Crippen molar-refractivity contribution in [1.82, 2.24) is 15.0 Å². The maximum atomic E-state index is 13.4. The molecule has 0 spiro atoms. The molecule has 0 bridgehead atoms. The second kappa shape index (κ2) is 5.45. The summed E-state index contributed by atoms with van der Waals surface area (Å²) in [7, 11) is 1.62. The highest BCUT2D eigenvalue weighted by Crippen LogP contribution is 2.28. The van der Waals surface area contributed by atoms with Gasteiger partial charge in [-0.2, -0.15) is 15.0 Å². The zero-order valence-electron chi connectivity index (χ0n) is 9.12. The van der Waals surface area contributed by atoms with Crippen molar-refractivity contribution >= 4 is 29.3 Å². The average molecular weight is 289 g/mol. The van der Waals surface area contributed by atoms with Crippen molar-refractivity contribution < 1.29 is 8.78 Å². The monoisotopic (exact) mass is 288 g/mol. The molecular weight excluding hydrogens is 282 g/mol. The van der Waals surface area contributed by atoms with E-state index in [1.807, 2.05) is 0 Å². The smallest absolute Gasteiger partial charge is 0.228 e. The standard InChI is InChI=1S/C10H7ClF2N4S/c1-14-9-15-8(11)16-10(17-9)18-7-3-2-5(12)4-6(7)13/h2-4H,1H3,(H,14,15,16,17). The van der Waals surface area contributed by atoms with E-state index in [1.54, 1.807) is 7.05 Å². The molecule has 1 aromatic carbocycles. The molecule has 0 amide bonds. The summed E-state index contributed by atoms with van der Waals surface area (Å²) in [6.45, 7) is 0. The number of nitrogens with zero attached hydrogens (tertiary/aromatic N) is 3. The molecule has 0 aliphatic carbocycles. The molecule has 18 heavy (non-hydrogen) atoms. The van der Waals surface area contributed by atoms with Crippen LogP contribution in [0.5, 0.6) is 0 Å². The van der Waals surface area contributed by atoms with Crippen LogP contribution < -0.4 is 5.32 Å². The molecule has 0 unspecified atom stereocenters. The van der Waals surface area contributed by atoms with Crippen molar-refractivity contribution in [1.29, 1.82) is 0 Å². The summed E-state index contributed by atoms with van der Waals surface area (Å²) in [5, 5.41) is 2.93. The lowest BCUT2D eigenvalue weighted by atomic mass is 10.3. The lowest BCUT2D eigenvalue weighted by Crippen LogP contribution is -2.00. The van der Waals surface area contributed by atoms with Crippen molar-refractivity contribution in [3.05, 3.63) is 35.1 Å². The Hall–Kier alpha value is -1.47. The highest BCUT2D eigenvalue weighted by atomic mass is 35.5. The number of rotatable bonds is 3. The van der Waals surface area contributed by atoms with E-state index in [0.717, 1.165) is 23.9 Å². The third kappa shape index (κ3) is 3.05. The van der Waals surface area contributed by atoms with Crippen molar-refractivity contribution in [2.24, 2.45) is 0 Å². The van der Waals surface area contributed by atoms with Crippen LogP contribution in [-0.2, 0) is 0 Å². The van der Waals surface area contributed by atoms with Gasteiger partial charge in [-0.25, -0.2) is 8.78 Å². The molecule has 0 atom stereocenters. The van der Waals surface area contributed by atoms with Crippen LogP contribution in [0.4, 0.5) is 14.7 Å². The Kier molecular flexibility index (Phi) is 3.93. The third-order valence-corrected chi connectivity index (χ3v) is 2.99. The number of benzene rings is 1. The molecule has 0 saturated heterocycles. The van der Waals surface area contributed by atoms with Gasteiger partial charge in [0, 0.05) is 13.1 Å². The molecule has 2 rings (SSSR count). The molecule has 0 saturated carbocycles. The quantitative estimate of drug-likeness (QED) is 0.941. The van der Waals surface area contributed by atoms with Gasteiger partial charge in [-0.3, -0.25) is 0 Å². The Labute approximate surface area is 111 Å². The lowest BCUT2D eigenvalue weighted by Gasteiger charge is -2.04. The maximum Gasteiger partial charge on any atom is 0.228 e. The first-order chi connectivity index (χ1) is 8.58. The Balaban J connectivity index is 2.30. The lowest BCUT2D eigenvalue weighted by molar-refractivity contribution is 0.565. The Morgan fingerprint density at radius 2 is 2.00 bits per heavy atom. The molecule has 0 fully saturated rings. The van der Waals surface area contributed by atoms with Crippen LogP contribution in [0.3, 0.4) is 0 Å². The van der Waals surface area contributed by atoms with Crippen LogP contribution in [0.25, 0.3) is 0 Å². The fourth-order valence-corrected chi connectivity index (χ4v) is 2.11. The fraction of sp³-hybridized carbons (Fsp3) is 0.100. The first-order valence-corrected chi connectivity index (χ1v) is 6.00. The summed E-state index contributed by atoms with van der Waals surface area (Å²) in [4.78, 5) is 11.8. The van der Waals surface area contributed by atoms with Gasteiger partial charge in [-0.15, -0.1) is 0 Å². The van der Waals surface area contributed by atoms with Gasteiger partial charge in [0.05, 0.1) is 4.90 Å². The Bertz CT molecular complexity index is 582. The molecular formula is C10H7ClF2N4S. The molecule has 8 heteroatoms. The number of nitrogens with one attached hydrogen (secondary N) is 1. The normalized spacial score (nSPS) is 10.4. The largest absolute Gasteiger partial charge is 0.357 e. The molecule has 0 radical (unpaired) electrons. The van der Waals surface area contributed by atoms with E-state index in [2.05, 4.69) is 20.3 Å².